The molecule has 0 saturated carbocycles. The van der Waals surface area contributed by atoms with Gasteiger partial charge < -0.3 is 19.1 Å². The molecular formula is C26H26Cl2N2O4. The molecule has 34 heavy (non-hydrogen) atoms. The van der Waals surface area contributed by atoms with Gasteiger partial charge in [0.1, 0.15) is 11.8 Å². The van der Waals surface area contributed by atoms with Crippen molar-refractivity contribution in [1.29, 1.82) is 5.26 Å². The van der Waals surface area contributed by atoms with Crippen molar-refractivity contribution < 1.29 is 19.0 Å². The molecule has 0 bridgehead atoms. The SMILES string of the molecule is COc1c(C#N)cc2ccccc2c1C(=O)N(C)C[C@@H](CC(OC)OC)c1ccc(Cl)c(Cl)c1. The van der Waals surface area contributed by atoms with Gasteiger partial charge in [-0.3, -0.25) is 4.79 Å². The first-order valence-corrected chi connectivity index (χ1v) is 11.4. The Morgan fingerprint density at radius 2 is 1.76 bits per heavy atom. The molecule has 0 spiro atoms. The second-order valence-corrected chi connectivity index (χ2v) is 8.67. The number of nitriles is 1. The number of carbonyl (C=O) groups excluding carboxylic acids is 1. The zero-order valence-corrected chi connectivity index (χ0v) is 21.0. The monoisotopic (exact) mass is 500 g/mol. The minimum absolute atomic E-state index is 0.162. The van der Waals surface area contributed by atoms with E-state index in [-0.39, 0.29) is 17.6 Å². The van der Waals surface area contributed by atoms with E-state index in [2.05, 4.69) is 6.07 Å². The van der Waals surface area contributed by atoms with E-state index in [1.165, 1.54) is 7.11 Å². The fraction of sp³-hybridized carbons (Fsp3) is 0.308. The van der Waals surface area contributed by atoms with Gasteiger partial charge in [0.2, 0.25) is 0 Å². The first-order chi connectivity index (χ1) is 16.3. The van der Waals surface area contributed by atoms with E-state index in [4.69, 9.17) is 37.4 Å². The number of benzene rings is 3. The maximum Gasteiger partial charge on any atom is 0.258 e. The van der Waals surface area contributed by atoms with Gasteiger partial charge in [0, 0.05) is 40.2 Å². The second kappa shape index (κ2) is 11.5. The molecule has 8 heteroatoms. The predicted octanol–water partition coefficient (Wildman–Crippen LogP) is 5.89. The summed E-state index contributed by atoms with van der Waals surface area (Å²) < 4.78 is 16.4. The van der Waals surface area contributed by atoms with Gasteiger partial charge in [0.15, 0.2) is 6.29 Å². The van der Waals surface area contributed by atoms with Crippen LogP contribution < -0.4 is 4.74 Å². The number of amides is 1. The highest BCUT2D eigenvalue weighted by Crippen LogP contribution is 2.34. The van der Waals surface area contributed by atoms with Gasteiger partial charge in [0.25, 0.3) is 5.91 Å². The Labute approximate surface area is 209 Å². The highest BCUT2D eigenvalue weighted by molar-refractivity contribution is 6.42. The first kappa shape index (κ1) is 25.8. The number of methoxy groups -OCH3 is 3. The number of nitrogens with zero attached hydrogens (tertiary/aromatic N) is 2. The fourth-order valence-corrected chi connectivity index (χ4v) is 4.35. The van der Waals surface area contributed by atoms with E-state index < -0.39 is 6.29 Å². The number of hydrogen-bond acceptors (Lipinski definition) is 5. The molecule has 178 valence electrons. The summed E-state index contributed by atoms with van der Waals surface area (Å²) in [5, 5.41) is 12.0. The largest absolute Gasteiger partial charge is 0.495 e. The molecule has 0 aliphatic rings. The summed E-state index contributed by atoms with van der Waals surface area (Å²) in [5.41, 5.74) is 1.55. The summed E-state index contributed by atoms with van der Waals surface area (Å²) >= 11 is 12.4. The molecule has 0 fully saturated rings. The Morgan fingerprint density at radius 3 is 2.38 bits per heavy atom. The van der Waals surface area contributed by atoms with Crippen molar-refractivity contribution in [3.63, 3.8) is 0 Å². The fourth-order valence-electron chi connectivity index (χ4n) is 4.04. The summed E-state index contributed by atoms with van der Waals surface area (Å²) in [7, 11) is 6.31. The maximum absolute atomic E-state index is 13.7. The minimum Gasteiger partial charge on any atom is -0.495 e. The highest BCUT2D eigenvalue weighted by Gasteiger charge is 2.27. The van der Waals surface area contributed by atoms with Crippen LogP contribution in [0.25, 0.3) is 10.8 Å². The third-order valence-corrected chi connectivity index (χ3v) is 6.54. The highest BCUT2D eigenvalue weighted by atomic mass is 35.5. The molecule has 1 atom stereocenters. The summed E-state index contributed by atoms with van der Waals surface area (Å²) in [4.78, 5) is 15.4. The molecule has 0 unspecified atom stereocenters. The van der Waals surface area contributed by atoms with Crippen molar-refractivity contribution >= 4 is 39.9 Å². The topological polar surface area (TPSA) is 71.8 Å². The van der Waals surface area contributed by atoms with Crippen LogP contribution in [0.5, 0.6) is 5.75 Å². The predicted molar refractivity (Wildman–Crippen MR) is 134 cm³/mol. The molecule has 0 aliphatic carbocycles. The molecule has 0 radical (unpaired) electrons. The molecule has 3 aromatic rings. The number of halogens is 2. The van der Waals surface area contributed by atoms with Crippen LogP contribution in [0.15, 0.2) is 48.5 Å². The summed E-state index contributed by atoms with van der Waals surface area (Å²) in [6.07, 6.45) is 0.0128. The van der Waals surface area contributed by atoms with Gasteiger partial charge in [-0.1, -0.05) is 53.5 Å². The third-order valence-electron chi connectivity index (χ3n) is 5.80. The van der Waals surface area contributed by atoms with Gasteiger partial charge in [-0.05, 0) is 34.5 Å². The molecule has 0 saturated heterocycles. The average molecular weight is 501 g/mol. The van der Waals surface area contributed by atoms with Crippen LogP contribution in [0, 0.1) is 11.3 Å². The van der Waals surface area contributed by atoms with Crippen molar-refractivity contribution in [2.45, 2.75) is 18.6 Å². The van der Waals surface area contributed by atoms with Crippen LogP contribution in [0.3, 0.4) is 0 Å². The number of ether oxygens (including phenoxy) is 3. The van der Waals surface area contributed by atoms with E-state index in [0.717, 1.165) is 10.9 Å². The lowest BCUT2D eigenvalue weighted by atomic mass is 9.93. The van der Waals surface area contributed by atoms with Crippen LogP contribution in [-0.2, 0) is 9.47 Å². The van der Waals surface area contributed by atoms with Crippen molar-refractivity contribution in [1.82, 2.24) is 4.90 Å². The summed E-state index contributed by atoms with van der Waals surface area (Å²) in [6.45, 7) is 0.342. The molecule has 0 aromatic heterocycles. The van der Waals surface area contributed by atoms with Gasteiger partial charge >= 0.3 is 0 Å². The van der Waals surface area contributed by atoms with E-state index >= 15 is 0 Å². The Bertz CT molecular complexity index is 1220. The molecule has 1 amide bonds. The Balaban J connectivity index is 2.02. The van der Waals surface area contributed by atoms with Crippen molar-refractivity contribution in [2.75, 3.05) is 34.9 Å². The smallest absolute Gasteiger partial charge is 0.258 e. The zero-order chi connectivity index (χ0) is 24.8. The number of carbonyl (C=O) groups is 1. The summed E-state index contributed by atoms with van der Waals surface area (Å²) in [6, 6.07) is 16.7. The zero-order valence-electron chi connectivity index (χ0n) is 19.5. The molecule has 3 rings (SSSR count). The molecule has 0 aliphatic heterocycles. The first-order valence-electron chi connectivity index (χ1n) is 10.6. The molecular weight excluding hydrogens is 475 g/mol. The summed E-state index contributed by atoms with van der Waals surface area (Å²) in [5.74, 6) is -0.164. The van der Waals surface area contributed by atoms with E-state index in [1.807, 2.05) is 30.3 Å². The van der Waals surface area contributed by atoms with Gasteiger partial charge in [-0.25, -0.2) is 0 Å². The van der Waals surface area contributed by atoms with E-state index in [1.54, 1.807) is 44.4 Å². The van der Waals surface area contributed by atoms with Crippen molar-refractivity contribution in [3.8, 4) is 11.8 Å². The van der Waals surface area contributed by atoms with E-state index in [0.29, 0.717) is 39.5 Å². The maximum atomic E-state index is 13.7. The van der Waals surface area contributed by atoms with Crippen LogP contribution >= 0.6 is 23.2 Å². The number of fused-ring (bicyclic) bond motifs is 1. The van der Waals surface area contributed by atoms with Crippen LogP contribution in [-0.4, -0.2) is 52.0 Å². The Morgan fingerprint density at radius 1 is 1.06 bits per heavy atom. The van der Waals surface area contributed by atoms with Gasteiger partial charge in [-0.2, -0.15) is 5.26 Å². The number of likely N-dealkylation sites (N-methyl/N-ethyl adjacent to an activating group) is 1. The van der Waals surface area contributed by atoms with Gasteiger partial charge in [0.05, 0.1) is 28.3 Å². The Kier molecular flexibility index (Phi) is 8.76. The standard InChI is InChI=1S/C26H26Cl2N2O4/c1-30(15-19(13-23(32-2)33-3)16-9-10-21(27)22(28)12-16)26(31)24-20-8-6-5-7-17(20)11-18(14-29)25(24)34-4/h5-12,19,23H,13,15H2,1-4H3/t19-/m1/s1. The van der Waals surface area contributed by atoms with Crippen LogP contribution in [0.4, 0.5) is 0 Å². The van der Waals surface area contributed by atoms with Crippen molar-refractivity contribution in [3.05, 3.63) is 75.3 Å². The lowest BCUT2D eigenvalue weighted by molar-refractivity contribution is -0.110. The number of hydrogen-bond donors (Lipinski definition) is 0. The minimum atomic E-state index is -0.472. The third kappa shape index (κ3) is 5.45. The van der Waals surface area contributed by atoms with E-state index in [9.17, 15) is 10.1 Å². The van der Waals surface area contributed by atoms with Gasteiger partial charge in [-0.15, -0.1) is 0 Å². The van der Waals surface area contributed by atoms with Crippen molar-refractivity contribution in [2.24, 2.45) is 0 Å². The second-order valence-electron chi connectivity index (χ2n) is 7.86. The van der Waals surface area contributed by atoms with Crippen LogP contribution in [0.2, 0.25) is 10.0 Å². The number of rotatable bonds is 9. The molecule has 0 heterocycles. The normalized spacial score (nSPS) is 11.9. The molecule has 6 nitrogen and oxygen atoms in total. The average Bonchev–Trinajstić information content (AvgIpc) is 2.86. The molecule has 3 aromatic carbocycles. The molecule has 0 N–H and O–H groups in total. The lowest BCUT2D eigenvalue weighted by Crippen LogP contribution is -2.33. The lowest BCUT2D eigenvalue weighted by Gasteiger charge is -2.28. The Hall–Kier alpha value is -2.82. The quantitative estimate of drug-likeness (QED) is 0.342. The van der Waals surface area contributed by atoms with Crippen LogP contribution in [0.1, 0.15) is 33.8 Å².